The quantitative estimate of drug-likeness (QED) is 0.579. The SMILES string of the molecule is Cc1c(Cl)cccc1NC(=O)C(=O)Nc1ccc(N)c(Cl)c1. The molecule has 0 saturated carbocycles. The average molecular weight is 338 g/mol. The van der Waals surface area contributed by atoms with Crippen molar-refractivity contribution < 1.29 is 9.59 Å². The first-order valence-corrected chi connectivity index (χ1v) is 7.06. The smallest absolute Gasteiger partial charge is 0.314 e. The van der Waals surface area contributed by atoms with Crippen LogP contribution in [-0.2, 0) is 9.59 Å². The van der Waals surface area contributed by atoms with Gasteiger partial charge in [-0.2, -0.15) is 0 Å². The van der Waals surface area contributed by atoms with Crippen LogP contribution in [0.4, 0.5) is 17.1 Å². The second-order valence-corrected chi connectivity index (χ2v) is 5.37. The number of hydrogen-bond donors (Lipinski definition) is 3. The van der Waals surface area contributed by atoms with Crippen LogP contribution in [0.3, 0.4) is 0 Å². The summed E-state index contributed by atoms with van der Waals surface area (Å²) in [5.41, 5.74) is 7.50. The van der Waals surface area contributed by atoms with Gasteiger partial charge in [-0.25, -0.2) is 0 Å². The molecular weight excluding hydrogens is 325 g/mol. The summed E-state index contributed by atoms with van der Waals surface area (Å²) in [6.45, 7) is 1.75. The Hall–Kier alpha value is -2.24. The Balaban J connectivity index is 2.07. The van der Waals surface area contributed by atoms with Crippen molar-refractivity contribution in [1.82, 2.24) is 0 Å². The number of carbonyl (C=O) groups excluding carboxylic acids is 2. The molecule has 0 bridgehead atoms. The lowest BCUT2D eigenvalue weighted by molar-refractivity contribution is -0.133. The van der Waals surface area contributed by atoms with Crippen molar-refractivity contribution in [3.8, 4) is 0 Å². The predicted octanol–water partition coefficient (Wildman–Crippen LogP) is 3.46. The fourth-order valence-corrected chi connectivity index (χ4v) is 2.07. The Labute approximate surface area is 137 Å². The molecule has 7 heteroatoms. The lowest BCUT2D eigenvalue weighted by atomic mass is 10.2. The van der Waals surface area contributed by atoms with Crippen LogP contribution in [-0.4, -0.2) is 11.8 Å². The van der Waals surface area contributed by atoms with Gasteiger partial charge in [0.05, 0.1) is 10.7 Å². The Bertz CT molecular complexity index is 748. The van der Waals surface area contributed by atoms with Crippen LogP contribution < -0.4 is 16.4 Å². The number of nitrogens with one attached hydrogen (secondary N) is 2. The molecule has 0 heterocycles. The molecule has 2 rings (SSSR count). The zero-order valence-corrected chi connectivity index (χ0v) is 13.1. The van der Waals surface area contributed by atoms with E-state index in [0.29, 0.717) is 32.7 Å². The maximum absolute atomic E-state index is 11.9. The van der Waals surface area contributed by atoms with Gasteiger partial charge >= 0.3 is 11.8 Å². The predicted molar refractivity (Wildman–Crippen MR) is 89.3 cm³/mol. The first-order valence-electron chi connectivity index (χ1n) is 6.31. The van der Waals surface area contributed by atoms with E-state index >= 15 is 0 Å². The van der Waals surface area contributed by atoms with Crippen LogP contribution in [0.5, 0.6) is 0 Å². The maximum atomic E-state index is 11.9. The monoisotopic (exact) mass is 337 g/mol. The van der Waals surface area contributed by atoms with Gasteiger partial charge in [0.25, 0.3) is 0 Å². The van der Waals surface area contributed by atoms with Crippen LogP contribution in [0.15, 0.2) is 36.4 Å². The molecule has 0 aliphatic rings. The lowest BCUT2D eigenvalue weighted by Gasteiger charge is -2.10. The standard InChI is InChI=1S/C15H13Cl2N3O2/c1-8-10(16)3-2-4-13(8)20-15(22)14(21)19-9-5-6-12(18)11(17)7-9/h2-7H,18H2,1H3,(H,19,21)(H,20,22). The Morgan fingerprint density at radius 1 is 1.00 bits per heavy atom. The van der Waals surface area contributed by atoms with E-state index in [-0.39, 0.29) is 0 Å². The first-order chi connectivity index (χ1) is 10.4. The molecule has 0 fully saturated rings. The first kappa shape index (κ1) is 16.1. The van der Waals surface area contributed by atoms with Gasteiger partial charge in [0.15, 0.2) is 0 Å². The Morgan fingerprint density at radius 2 is 1.68 bits per heavy atom. The number of nitrogen functional groups attached to an aromatic ring is 1. The van der Waals surface area contributed by atoms with E-state index in [1.807, 2.05) is 0 Å². The van der Waals surface area contributed by atoms with Gasteiger partial charge in [-0.05, 0) is 42.8 Å². The van der Waals surface area contributed by atoms with E-state index < -0.39 is 11.8 Å². The minimum Gasteiger partial charge on any atom is -0.398 e. The van der Waals surface area contributed by atoms with Crippen LogP contribution in [0, 0.1) is 6.92 Å². The molecule has 2 aromatic carbocycles. The summed E-state index contributed by atoms with van der Waals surface area (Å²) in [4.78, 5) is 23.8. The lowest BCUT2D eigenvalue weighted by Crippen LogP contribution is -2.29. The molecule has 0 aliphatic heterocycles. The molecule has 0 spiro atoms. The molecule has 0 radical (unpaired) electrons. The molecule has 2 aromatic rings. The van der Waals surface area contributed by atoms with E-state index in [2.05, 4.69) is 10.6 Å². The Morgan fingerprint density at radius 3 is 2.36 bits per heavy atom. The summed E-state index contributed by atoms with van der Waals surface area (Å²) in [6, 6.07) is 9.60. The summed E-state index contributed by atoms with van der Waals surface area (Å²) < 4.78 is 0. The van der Waals surface area contributed by atoms with Crippen LogP contribution in [0.25, 0.3) is 0 Å². The van der Waals surface area contributed by atoms with Crippen LogP contribution in [0.2, 0.25) is 10.0 Å². The number of benzene rings is 2. The normalized spacial score (nSPS) is 10.1. The van der Waals surface area contributed by atoms with Crippen LogP contribution >= 0.6 is 23.2 Å². The zero-order chi connectivity index (χ0) is 16.3. The number of halogens is 2. The third-order valence-corrected chi connectivity index (χ3v) is 3.72. The van der Waals surface area contributed by atoms with Gasteiger partial charge in [-0.15, -0.1) is 0 Å². The zero-order valence-electron chi connectivity index (χ0n) is 11.6. The minimum absolute atomic E-state index is 0.295. The largest absolute Gasteiger partial charge is 0.398 e. The number of hydrogen-bond acceptors (Lipinski definition) is 3. The molecule has 114 valence electrons. The third-order valence-electron chi connectivity index (χ3n) is 2.98. The second kappa shape index (κ2) is 6.68. The molecule has 0 aromatic heterocycles. The maximum Gasteiger partial charge on any atom is 0.314 e. The van der Waals surface area contributed by atoms with Gasteiger partial charge < -0.3 is 16.4 Å². The summed E-state index contributed by atoms with van der Waals surface area (Å²) in [5.74, 6) is -1.63. The van der Waals surface area contributed by atoms with Crippen molar-refractivity contribution in [1.29, 1.82) is 0 Å². The minimum atomic E-state index is -0.819. The van der Waals surface area contributed by atoms with Gasteiger partial charge in [-0.1, -0.05) is 29.3 Å². The van der Waals surface area contributed by atoms with Gasteiger partial charge in [0.1, 0.15) is 0 Å². The molecule has 22 heavy (non-hydrogen) atoms. The molecule has 0 atom stereocenters. The molecule has 0 saturated heterocycles. The van der Waals surface area contributed by atoms with E-state index in [1.165, 1.54) is 12.1 Å². The van der Waals surface area contributed by atoms with E-state index in [9.17, 15) is 9.59 Å². The van der Waals surface area contributed by atoms with Crippen molar-refractivity contribution in [2.24, 2.45) is 0 Å². The number of carbonyl (C=O) groups is 2. The summed E-state index contributed by atoms with van der Waals surface area (Å²) in [7, 11) is 0. The molecule has 0 unspecified atom stereocenters. The highest BCUT2D eigenvalue weighted by Gasteiger charge is 2.16. The molecule has 2 amide bonds. The topological polar surface area (TPSA) is 84.2 Å². The number of rotatable bonds is 2. The number of amides is 2. The fourth-order valence-electron chi connectivity index (χ4n) is 1.71. The molecule has 4 N–H and O–H groups in total. The summed E-state index contributed by atoms with van der Waals surface area (Å²) in [5, 5.41) is 5.74. The Kier molecular flexibility index (Phi) is 4.90. The number of nitrogens with two attached hydrogens (primary N) is 1. The third kappa shape index (κ3) is 3.69. The fraction of sp³-hybridized carbons (Fsp3) is 0.0667. The van der Waals surface area contributed by atoms with Gasteiger partial charge in [0, 0.05) is 16.4 Å². The average Bonchev–Trinajstić information content (AvgIpc) is 2.47. The summed E-state index contributed by atoms with van der Waals surface area (Å²) >= 11 is 11.8. The highest BCUT2D eigenvalue weighted by atomic mass is 35.5. The van der Waals surface area contributed by atoms with Crippen LogP contribution in [0.1, 0.15) is 5.56 Å². The molecular formula is C15H13Cl2N3O2. The number of anilines is 3. The van der Waals surface area contributed by atoms with Gasteiger partial charge in [0.2, 0.25) is 0 Å². The van der Waals surface area contributed by atoms with Crippen molar-refractivity contribution in [2.45, 2.75) is 6.92 Å². The highest BCUT2D eigenvalue weighted by molar-refractivity contribution is 6.44. The van der Waals surface area contributed by atoms with E-state index in [1.54, 1.807) is 31.2 Å². The van der Waals surface area contributed by atoms with Crippen molar-refractivity contribution in [3.63, 3.8) is 0 Å². The van der Waals surface area contributed by atoms with Gasteiger partial charge in [-0.3, -0.25) is 9.59 Å². The molecule has 0 aliphatic carbocycles. The summed E-state index contributed by atoms with van der Waals surface area (Å²) in [6.07, 6.45) is 0. The second-order valence-electron chi connectivity index (χ2n) is 4.56. The van der Waals surface area contributed by atoms with E-state index in [0.717, 1.165) is 0 Å². The van der Waals surface area contributed by atoms with Crippen molar-refractivity contribution >= 4 is 52.1 Å². The molecule has 5 nitrogen and oxygen atoms in total. The van der Waals surface area contributed by atoms with Crippen molar-refractivity contribution in [3.05, 3.63) is 52.0 Å². The van der Waals surface area contributed by atoms with E-state index in [4.69, 9.17) is 28.9 Å². The highest BCUT2D eigenvalue weighted by Crippen LogP contribution is 2.24. The van der Waals surface area contributed by atoms with Crippen molar-refractivity contribution in [2.75, 3.05) is 16.4 Å².